The molecule has 2 saturated heterocycles. The quantitative estimate of drug-likeness (QED) is 0.661. The summed E-state index contributed by atoms with van der Waals surface area (Å²) in [6, 6.07) is 0. The first kappa shape index (κ1) is 26.0. The Hall–Kier alpha value is -2.22. The van der Waals surface area contributed by atoms with Crippen molar-refractivity contribution >= 4 is 28.8 Å². The van der Waals surface area contributed by atoms with E-state index >= 15 is 0 Å². The molecule has 0 aliphatic carbocycles. The lowest BCUT2D eigenvalue weighted by Crippen LogP contribution is -2.23. The molecule has 0 unspecified atom stereocenters. The maximum absolute atomic E-state index is 12.2. The number of anilines is 2. The van der Waals surface area contributed by atoms with Gasteiger partial charge in [0, 0.05) is 24.9 Å². The highest BCUT2D eigenvalue weighted by Crippen LogP contribution is 2.38. The topological polar surface area (TPSA) is 85.2 Å². The predicted octanol–water partition coefficient (Wildman–Crippen LogP) is 5.41. The molecule has 0 radical (unpaired) electrons. The van der Waals surface area contributed by atoms with Crippen molar-refractivity contribution in [3.8, 4) is 0 Å². The standard InChI is InChI=1S/C20H30N6O2.2C2H6/c1-5-14-10-13(4)19(28-14)26-11-21-15-16(25-8-6-7-9-25)22-20(23-17(15)26)24-18(27)12(2)3;2*1-2/h11-14,19H,5-10H2,1-4H3,(H,22,23,24,27);2*1-2H3/t13-,14+,19+;;/m0../s1. The summed E-state index contributed by atoms with van der Waals surface area (Å²) in [5, 5.41) is 2.87. The number of amides is 1. The summed E-state index contributed by atoms with van der Waals surface area (Å²) in [5.41, 5.74) is 1.50. The lowest BCUT2D eigenvalue weighted by atomic mass is 10.0. The van der Waals surface area contributed by atoms with Crippen molar-refractivity contribution in [1.82, 2.24) is 19.5 Å². The van der Waals surface area contributed by atoms with Gasteiger partial charge in [-0.3, -0.25) is 14.7 Å². The van der Waals surface area contributed by atoms with Crippen molar-refractivity contribution in [1.29, 1.82) is 0 Å². The lowest BCUT2D eigenvalue weighted by Gasteiger charge is -2.20. The molecule has 1 N–H and O–H groups in total. The first-order chi connectivity index (χ1) is 15.5. The Kier molecular flexibility index (Phi) is 9.87. The molecule has 2 aromatic rings. The number of carbonyl (C=O) groups excluding carboxylic acids is 1. The van der Waals surface area contributed by atoms with E-state index in [1.807, 2.05) is 52.4 Å². The summed E-state index contributed by atoms with van der Waals surface area (Å²) < 4.78 is 8.28. The van der Waals surface area contributed by atoms with Crippen LogP contribution in [0.1, 0.15) is 87.3 Å². The van der Waals surface area contributed by atoms with Gasteiger partial charge in [0.15, 0.2) is 17.0 Å². The zero-order chi connectivity index (χ0) is 23.8. The summed E-state index contributed by atoms with van der Waals surface area (Å²) in [6.45, 7) is 18.0. The normalized spacial score (nSPS) is 22.4. The van der Waals surface area contributed by atoms with Gasteiger partial charge in [0.25, 0.3) is 0 Å². The second-order valence-corrected chi connectivity index (χ2v) is 8.30. The number of hydrogen-bond donors (Lipinski definition) is 1. The second kappa shape index (κ2) is 12.1. The van der Waals surface area contributed by atoms with Gasteiger partial charge in [-0.2, -0.15) is 9.97 Å². The van der Waals surface area contributed by atoms with Crippen LogP contribution in [0, 0.1) is 11.8 Å². The van der Waals surface area contributed by atoms with E-state index in [2.05, 4.69) is 39.0 Å². The van der Waals surface area contributed by atoms with Gasteiger partial charge in [-0.1, -0.05) is 55.4 Å². The number of ether oxygens (including phenoxy) is 1. The number of hydrogen-bond acceptors (Lipinski definition) is 6. The molecule has 2 aromatic heterocycles. The maximum Gasteiger partial charge on any atom is 0.233 e. The summed E-state index contributed by atoms with van der Waals surface area (Å²) in [6.07, 6.45) is 6.29. The molecule has 4 heterocycles. The highest BCUT2D eigenvalue weighted by Gasteiger charge is 2.34. The number of imidazole rings is 1. The third-order valence-electron chi connectivity index (χ3n) is 5.75. The Labute approximate surface area is 193 Å². The van der Waals surface area contributed by atoms with Gasteiger partial charge in [0.05, 0.1) is 12.4 Å². The van der Waals surface area contributed by atoms with E-state index in [1.165, 1.54) is 0 Å². The van der Waals surface area contributed by atoms with Gasteiger partial charge in [-0.15, -0.1) is 0 Å². The molecule has 3 atom stereocenters. The Bertz CT molecular complexity index is 860. The molecule has 2 aliphatic heterocycles. The van der Waals surface area contributed by atoms with E-state index in [9.17, 15) is 4.79 Å². The zero-order valence-corrected chi connectivity index (χ0v) is 21.2. The van der Waals surface area contributed by atoms with E-state index in [1.54, 1.807) is 0 Å². The number of rotatable bonds is 5. The maximum atomic E-state index is 12.2. The SMILES string of the molecule is CC.CC.CC[C@@H]1C[C@H](C)[C@H](n2cnc3c(N4CCCC4)nc(NC(=O)C(C)C)nc32)O1. The molecule has 2 fully saturated rings. The first-order valence-corrected chi connectivity index (χ1v) is 12.4. The number of aromatic nitrogens is 4. The smallest absolute Gasteiger partial charge is 0.233 e. The Balaban J connectivity index is 0.000000860. The molecule has 0 aromatic carbocycles. The Morgan fingerprint density at radius 1 is 1.19 bits per heavy atom. The second-order valence-electron chi connectivity index (χ2n) is 8.30. The molecule has 4 rings (SSSR count). The monoisotopic (exact) mass is 446 g/mol. The minimum absolute atomic E-state index is 0.0886. The Morgan fingerprint density at radius 2 is 1.84 bits per heavy atom. The zero-order valence-electron chi connectivity index (χ0n) is 21.2. The van der Waals surface area contributed by atoms with E-state index in [0.717, 1.165) is 55.8 Å². The largest absolute Gasteiger partial charge is 0.355 e. The van der Waals surface area contributed by atoms with Crippen LogP contribution in [0.3, 0.4) is 0 Å². The van der Waals surface area contributed by atoms with Gasteiger partial charge in [-0.25, -0.2) is 4.98 Å². The predicted molar refractivity (Wildman–Crippen MR) is 131 cm³/mol. The Morgan fingerprint density at radius 3 is 2.41 bits per heavy atom. The van der Waals surface area contributed by atoms with Crippen LogP contribution in [-0.4, -0.2) is 44.6 Å². The minimum atomic E-state index is -0.136. The molecule has 0 saturated carbocycles. The molecular weight excluding hydrogens is 404 g/mol. The summed E-state index contributed by atoms with van der Waals surface area (Å²) in [5.74, 6) is 1.30. The van der Waals surface area contributed by atoms with E-state index < -0.39 is 0 Å². The summed E-state index contributed by atoms with van der Waals surface area (Å²) >= 11 is 0. The van der Waals surface area contributed by atoms with Gasteiger partial charge in [0.2, 0.25) is 11.9 Å². The van der Waals surface area contributed by atoms with Gasteiger partial charge in [0.1, 0.15) is 6.23 Å². The van der Waals surface area contributed by atoms with Crippen LogP contribution >= 0.6 is 0 Å². The van der Waals surface area contributed by atoms with Crippen LogP contribution in [0.25, 0.3) is 11.2 Å². The van der Waals surface area contributed by atoms with Gasteiger partial charge in [-0.05, 0) is 25.7 Å². The first-order valence-electron chi connectivity index (χ1n) is 12.4. The minimum Gasteiger partial charge on any atom is -0.355 e. The van der Waals surface area contributed by atoms with Crippen molar-refractivity contribution in [3.05, 3.63) is 6.33 Å². The summed E-state index contributed by atoms with van der Waals surface area (Å²) in [4.78, 5) is 28.5. The van der Waals surface area contributed by atoms with Crippen molar-refractivity contribution < 1.29 is 9.53 Å². The highest BCUT2D eigenvalue weighted by molar-refractivity contribution is 5.92. The third-order valence-corrected chi connectivity index (χ3v) is 5.75. The van der Waals surface area contributed by atoms with E-state index in [-0.39, 0.29) is 24.2 Å². The summed E-state index contributed by atoms with van der Waals surface area (Å²) in [7, 11) is 0. The molecule has 0 bridgehead atoms. The molecular formula is C24H42N6O2. The van der Waals surface area contributed by atoms with Crippen LogP contribution in [0.2, 0.25) is 0 Å². The fourth-order valence-electron chi connectivity index (χ4n) is 4.07. The van der Waals surface area contributed by atoms with E-state index in [4.69, 9.17) is 4.74 Å². The average molecular weight is 447 g/mol. The lowest BCUT2D eigenvalue weighted by molar-refractivity contribution is -0.118. The molecule has 8 heteroatoms. The fraction of sp³-hybridized carbons (Fsp3) is 0.750. The van der Waals surface area contributed by atoms with Crippen LogP contribution in [0.5, 0.6) is 0 Å². The van der Waals surface area contributed by atoms with Crippen molar-refractivity contribution in [2.75, 3.05) is 23.3 Å². The van der Waals surface area contributed by atoms with Crippen LogP contribution < -0.4 is 10.2 Å². The van der Waals surface area contributed by atoms with Crippen molar-refractivity contribution in [2.24, 2.45) is 11.8 Å². The number of nitrogens with zero attached hydrogens (tertiary/aromatic N) is 5. The van der Waals surface area contributed by atoms with Gasteiger partial charge < -0.3 is 9.64 Å². The average Bonchev–Trinajstić information content (AvgIpc) is 3.55. The molecule has 2 aliphatic rings. The molecule has 8 nitrogen and oxygen atoms in total. The van der Waals surface area contributed by atoms with Crippen LogP contribution in [-0.2, 0) is 9.53 Å². The number of nitrogens with one attached hydrogen (secondary N) is 1. The van der Waals surface area contributed by atoms with Crippen LogP contribution in [0.15, 0.2) is 6.33 Å². The van der Waals surface area contributed by atoms with Gasteiger partial charge >= 0.3 is 0 Å². The van der Waals surface area contributed by atoms with Crippen LogP contribution in [0.4, 0.5) is 11.8 Å². The number of carbonyl (C=O) groups is 1. The molecule has 1 amide bonds. The molecule has 0 spiro atoms. The molecule has 32 heavy (non-hydrogen) atoms. The highest BCUT2D eigenvalue weighted by atomic mass is 16.5. The fourth-order valence-corrected chi connectivity index (χ4v) is 4.07. The third kappa shape index (κ3) is 5.57. The number of fused-ring (bicyclic) bond motifs is 1. The van der Waals surface area contributed by atoms with Crippen molar-refractivity contribution in [2.45, 2.75) is 93.4 Å². The van der Waals surface area contributed by atoms with Crippen molar-refractivity contribution in [3.63, 3.8) is 0 Å². The van der Waals surface area contributed by atoms with E-state index in [0.29, 0.717) is 11.9 Å². The molecule has 180 valence electrons.